The molecule has 3 aliphatic rings. The summed E-state index contributed by atoms with van der Waals surface area (Å²) in [5, 5.41) is 2.25. The lowest BCUT2D eigenvalue weighted by Gasteiger charge is -2.42. The van der Waals surface area contributed by atoms with Crippen LogP contribution in [-0.2, 0) is 19.1 Å². The summed E-state index contributed by atoms with van der Waals surface area (Å²) in [6.45, 7) is 4.40. The number of hydrogen-bond donors (Lipinski definition) is 1. The van der Waals surface area contributed by atoms with Gasteiger partial charge in [-0.1, -0.05) is 78.9 Å². The molecule has 2 atom stereocenters. The van der Waals surface area contributed by atoms with E-state index in [1.807, 2.05) is 60.7 Å². The standard InChI is InChI=1S/C23H23FN2O4.C6H4/c1-14(2)19(26-21(24)18(22(26)28)25-15(3)27)23(29)30-20(16-10-6-4-7-11-16)17-12-8-5-9-13-17;1-2-5-4-6(5)3-1/h4-13,18,20-21H,1-3H3,(H,25,27);1-4H. The van der Waals surface area contributed by atoms with Crippen molar-refractivity contribution in [2.75, 3.05) is 0 Å². The van der Waals surface area contributed by atoms with E-state index in [9.17, 15) is 18.8 Å². The molecule has 6 nitrogen and oxygen atoms in total. The molecule has 2 amide bonds. The predicted octanol–water partition coefficient (Wildman–Crippen LogP) is 4.92. The van der Waals surface area contributed by atoms with E-state index < -0.39 is 36.2 Å². The van der Waals surface area contributed by atoms with E-state index in [0.29, 0.717) is 5.57 Å². The van der Waals surface area contributed by atoms with E-state index in [0.717, 1.165) is 16.0 Å². The van der Waals surface area contributed by atoms with Crippen LogP contribution < -0.4 is 5.32 Å². The first-order valence-corrected chi connectivity index (χ1v) is 11.6. The summed E-state index contributed by atoms with van der Waals surface area (Å²) in [6, 6.07) is 25.5. The summed E-state index contributed by atoms with van der Waals surface area (Å²) in [4.78, 5) is 37.4. The molecule has 184 valence electrons. The third kappa shape index (κ3) is 5.35. The highest BCUT2D eigenvalue weighted by atomic mass is 19.1. The minimum Gasteiger partial charge on any atom is -0.448 e. The quantitative estimate of drug-likeness (QED) is 0.182. The number of carbonyl (C=O) groups is 3. The Hall–Kier alpha value is -4.26. The number of benzene rings is 3. The first kappa shape index (κ1) is 24.9. The van der Waals surface area contributed by atoms with Gasteiger partial charge in [-0.15, -0.1) is 0 Å². The monoisotopic (exact) mass is 486 g/mol. The van der Waals surface area contributed by atoms with Gasteiger partial charge in [0.2, 0.25) is 12.2 Å². The van der Waals surface area contributed by atoms with Gasteiger partial charge in [0.1, 0.15) is 5.70 Å². The van der Waals surface area contributed by atoms with Crippen LogP contribution >= 0.6 is 0 Å². The zero-order chi connectivity index (χ0) is 25.8. The second-order valence-electron chi connectivity index (χ2n) is 8.80. The van der Waals surface area contributed by atoms with Crippen LogP contribution in [-0.4, -0.2) is 35.0 Å². The smallest absolute Gasteiger partial charge is 0.356 e. The van der Waals surface area contributed by atoms with Crippen LogP contribution in [0, 0.1) is 0 Å². The summed E-state index contributed by atoms with van der Waals surface area (Å²) >= 11 is 0. The fourth-order valence-corrected chi connectivity index (χ4v) is 4.00. The number of rotatable bonds is 6. The van der Waals surface area contributed by atoms with E-state index in [4.69, 9.17) is 4.74 Å². The SMILES string of the molecule is CC(=O)NC1C(=O)N(C(C(=O)OC(c2ccccc2)c2ccccc2)=C(C)C)C1F.c1cc2cc-2c1. The predicted molar refractivity (Wildman–Crippen MR) is 134 cm³/mol. The van der Waals surface area contributed by atoms with Crippen molar-refractivity contribution in [3.8, 4) is 11.1 Å². The fraction of sp³-hybridized carbons (Fsp3) is 0.207. The van der Waals surface area contributed by atoms with Crippen LogP contribution in [0.25, 0.3) is 11.1 Å². The van der Waals surface area contributed by atoms with Crippen LogP contribution in [0.5, 0.6) is 0 Å². The summed E-state index contributed by atoms with van der Waals surface area (Å²) < 4.78 is 20.4. The molecule has 1 saturated heterocycles. The Bertz CT molecular complexity index is 1250. The first-order chi connectivity index (χ1) is 17.3. The largest absolute Gasteiger partial charge is 0.448 e. The summed E-state index contributed by atoms with van der Waals surface area (Å²) in [6.07, 6.45) is -2.57. The van der Waals surface area contributed by atoms with E-state index in [2.05, 4.69) is 29.6 Å². The van der Waals surface area contributed by atoms with Gasteiger partial charge in [-0.2, -0.15) is 0 Å². The number of esters is 1. The minimum absolute atomic E-state index is 0.161. The van der Waals surface area contributed by atoms with Crippen LogP contribution in [0.4, 0.5) is 4.39 Å². The number of ether oxygens (including phenoxy) is 1. The van der Waals surface area contributed by atoms with Crippen molar-refractivity contribution in [3.05, 3.63) is 107 Å². The molecule has 2 aliphatic carbocycles. The Morgan fingerprint density at radius 3 is 1.75 bits per heavy atom. The molecule has 0 aromatic heterocycles. The number of fused-ring (bicyclic) bond motifs is 1. The third-order valence-electron chi connectivity index (χ3n) is 5.83. The Balaban J connectivity index is 0.000000434. The normalized spacial score (nSPS) is 16.8. The second kappa shape index (κ2) is 10.6. The number of amides is 2. The van der Waals surface area contributed by atoms with Gasteiger partial charge < -0.3 is 10.1 Å². The third-order valence-corrected chi connectivity index (χ3v) is 5.83. The number of nitrogens with one attached hydrogen (secondary N) is 1. The van der Waals surface area contributed by atoms with Crippen molar-refractivity contribution < 1.29 is 23.5 Å². The lowest BCUT2D eigenvalue weighted by atomic mass is 10.0. The lowest BCUT2D eigenvalue weighted by molar-refractivity contribution is -0.165. The van der Waals surface area contributed by atoms with E-state index >= 15 is 0 Å². The Labute approximate surface area is 209 Å². The maximum Gasteiger partial charge on any atom is 0.356 e. The van der Waals surface area contributed by atoms with Crippen molar-refractivity contribution in [3.63, 3.8) is 0 Å². The summed E-state index contributed by atoms with van der Waals surface area (Å²) in [5.41, 5.74) is 4.61. The molecule has 0 bridgehead atoms. The number of carbonyl (C=O) groups excluding carboxylic acids is 3. The molecule has 7 heteroatoms. The molecule has 0 saturated carbocycles. The number of alkyl halides is 1. The Morgan fingerprint density at radius 1 is 0.861 bits per heavy atom. The van der Waals surface area contributed by atoms with Crippen molar-refractivity contribution in [2.24, 2.45) is 0 Å². The molecule has 0 radical (unpaired) electrons. The average Bonchev–Trinajstić information content (AvgIpc) is 3.48. The summed E-state index contributed by atoms with van der Waals surface area (Å²) in [5.74, 6) is -2.03. The van der Waals surface area contributed by atoms with Crippen molar-refractivity contribution >= 4 is 17.8 Å². The average molecular weight is 487 g/mol. The minimum atomic E-state index is -1.84. The van der Waals surface area contributed by atoms with Gasteiger partial charge in [-0.25, -0.2) is 9.18 Å². The van der Waals surface area contributed by atoms with E-state index in [1.54, 1.807) is 13.8 Å². The molecule has 1 N–H and O–H groups in total. The maximum absolute atomic E-state index is 14.7. The zero-order valence-corrected chi connectivity index (χ0v) is 20.3. The molecular weight excluding hydrogens is 459 g/mol. The number of nitrogens with zero attached hydrogens (tertiary/aromatic N) is 1. The van der Waals surface area contributed by atoms with Gasteiger partial charge in [0.25, 0.3) is 5.91 Å². The van der Waals surface area contributed by atoms with Gasteiger partial charge in [0.05, 0.1) is 0 Å². The first-order valence-electron chi connectivity index (χ1n) is 11.6. The number of allylic oxidation sites excluding steroid dienone is 1. The van der Waals surface area contributed by atoms with Gasteiger partial charge in [0, 0.05) is 6.92 Å². The van der Waals surface area contributed by atoms with Crippen molar-refractivity contribution in [1.82, 2.24) is 10.2 Å². The van der Waals surface area contributed by atoms with Gasteiger partial charge in [-0.05, 0) is 47.7 Å². The molecule has 1 heterocycles. The number of halogens is 1. The Kier molecular flexibility index (Phi) is 7.29. The van der Waals surface area contributed by atoms with Crippen LogP contribution in [0.2, 0.25) is 0 Å². The number of hydrogen-bond acceptors (Lipinski definition) is 4. The lowest BCUT2D eigenvalue weighted by Crippen LogP contribution is -2.69. The van der Waals surface area contributed by atoms with Gasteiger partial charge in [0.15, 0.2) is 12.1 Å². The summed E-state index contributed by atoms with van der Waals surface area (Å²) in [7, 11) is 0. The van der Waals surface area contributed by atoms with Crippen LogP contribution in [0.3, 0.4) is 0 Å². The Morgan fingerprint density at radius 2 is 1.39 bits per heavy atom. The molecule has 2 aromatic carbocycles. The maximum atomic E-state index is 14.7. The van der Waals surface area contributed by atoms with E-state index in [1.165, 1.54) is 18.1 Å². The van der Waals surface area contributed by atoms with Crippen molar-refractivity contribution in [2.45, 2.75) is 39.2 Å². The molecule has 2 unspecified atom stereocenters. The molecule has 0 spiro atoms. The number of likely N-dealkylation sites (tertiary alicyclic amines) is 1. The topological polar surface area (TPSA) is 75.7 Å². The van der Waals surface area contributed by atoms with Crippen molar-refractivity contribution in [1.29, 1.82) is 0 Å². The molecule has 36 heavy (non-hydrogen) atoms. The van der Waals surface area contributed by atoms with E-state index in [-0.39, 0.29) is 5.70 Å². The number of β-lactam (4-membered cyclic amide) rings is 1. The molecule has 1 fully saturated rings. The van der Waals surface area contributed by atoms with Crippen LogP contribution in [0.1, 0.15) is 38.0 Å². The molecule has 2 aromatic rings. The van der Waals surface area contributed by atoms with Gasteiger partial charge in [-0.3, -0.25) is 14.5 Å². The molecule has 1 aliphatic heterocycles. The highest BCUT2D eigenvalue weighted by Gasteiger charge is 2.52. The zero-order valence-electron chi connectivity index (χ0n) is 20.3. The highest BCUT2D eigenvalue weighted by Crippen LogP contribution is 2.33. The highest BCUT2D eigenvalue weighted by molar-refractivity contribution is 6.01. The molecule has 5 rings (SSSR count). The van der Waals surface area contributed by atoms with Crippen LogP contribution in [0.15, 0.2) is 96.2 Å². The van der Waals surface area contributed by atoms with Gasteiger partial charge >= 0.3 is 5.97 Å². The molecular formula is C29H27FN2O4. The fourth-order valence-electron chi connectivity index (χ4n) is 4.00. The second-order valence-corrected chi connectivity index (χ2v) is 8.80.